The molecule has 0 unspecified atom stereocenters. The highest BCUT2D eigenvalue weighted by atomic mass is 16.3. The molecular formula is C38H42N2O. The van der Waals surface area contributed by atoms with Gasteiger partial charge in [-0.05, 0) is 66.7 Å². The average molecular weight is 543 g/mol. The van der Waals surface area contributed by atoms with Gasteiger partial charge in [0.25, 0.3) is 0 Å². The number of benzene rings is 3. The maximum atomic E-state index is 6.50. The summed E-state index contributed by atoms with van der Waals surface area (Å²) in [5, 5.41) is 0. The fraction of sp³-hybridized carbons (Fsp3) is 0.368. The van der Waals surface area contributed by atoms with Gasteiger partial charge < -0.3 is 4.42 Å². The van der Waals surface area contributed by atoms with E-state index in [-0.39, 0.29) is 0 Å². The van der Waals surface area contributed by atoms with Crippen LogP contribution in [0, 0.1) is 0 Å². The molecule has 41 heavy (non-hydrogen) atoms. The molecule has 0 radical (unpaired) electrons. The van der Waals surface area contributed by atoms with Gasteiger partial charge in [-0.15, -0.1) is 0 Å². The Bertz CT molecular complexity index is 1570. The first kappa shape index (κ1) is 27.4. The van der Waals surface area contributed by atoms with Crippen LogP contribution in [0.15, 0.2) is 81.3 Å². The fourth-order valence-electron chi connectivity index (χ4n) is 6.82. The second-order valence-corrected chi connectivity index (χ2v) is 11.5. The Morgan fingerprint density at radius 2 is 1.12 bits per heavy atom. The first-order valence-corrected chi connectivity index (χ1v) is 15.8. The highest BCUT2D eigenvalue weighted by Crippen LogP contribution is 2.45. The number of nitrogens with zero attached hydrogens (tertiary/aromatic N) is 2. The van der Waals surface area contributed by atoms with Crippen molar-refractivity contribution in [1.29, 1.82) is 0 Å². The molecule has 210 valence electrons. The SMILES string of the molecule is CCc1cccc(CC)c1N=C1C(=Nc2c(CC)cccc2CC)c2c(C3CCCCC3)coc2-c2ccccc21. The Kier molecular flexibility index (Phi) is 8.05. The molecule has 2 aliphatic rings. The molecule has 0 bridgehead atoms. The van der Waals surface area contributed by atoms with Crippen LogP contribution in [0.2, 0.25) is 0 Å². The van der Waals surface area contributed by atoms with Crippen molar-refractivity contribution in [2.45, 2.75) is 91.4 Å². The number of para-hydroxylation sites is 2. The number of aliphatic imine (C=N–C) groups is 2. The normalized spacial score (nSPS) is 17.2. The number of rotatable bonds is 7. The fourth-order valence-corrected chi connectivity index (χ4v) is 6.82. The molecule has 0 N–H and O–H groups in total. The van der Waals surface area contributed by atoms with Crippen LogP contribution in [-0.2, 0) is 25.7 Å². The Labute approximate surface area is 245 Å². The van der Waals surface area contributed by atoms with Crippen molar-refractivity contribution in [3.63, 3.8) is 0 Å². The minimum atomic E-state index is 0.495. The van der Waals surface area contributed by atoms with Crippen LogP contribution in [0.5, 0.6) is 0 Å². The number of hydrogen-bond acceptors (Lipinski definition) is 3. The summed E-state index contributed by atoms with van der Waals surface area (Å²) in [4.78, 5) is 11.2. The minimum Gasteiger partial charge on any atom is -0.463 e. The van der Waals surface area contributed by atoms with E-state index in [0.717, 1.165) is 70.9 Å². The van der Waals surface area contributed by atoms with Crippen molar-refractivity contribution < 1.29 is 4.42 Å². The summed E-state index contributed by atoms with van der Waals surface area (Å²) in [5.74, 6) is 1.44. The van der Waals surface area contributed by atoms with Gasteiger partial charge in [-0.25, -0.2) is 9.98 Å². The lowest BCUT2D eigenvalue weighted by Crippen LogP contribution is -2.24. The van der Waals surface area contributed by atoms with Crippen molar-refractivity contribution in [1.82, 2.24) is 0 Å². The molecular weight excluding hydrogens is 500 g/mol. The Balaban J connectivity index is 1.70. The molecule has 4 aromatic rings. The number of fused-ring (bicyclic) bond motifs is 3. The summed E-state index contributed by atoms with van der Waals surface area (Å²) in [6.07, 6.45) is 12.1. The van der Waals surface area contributed by atoms with E-state index >= 15 is 0 Å². The maximum absolute atomic E-state index is 6.50. The quantitative estimate of drug-likeness (QED) is 0.229. The van der Waals surface area contributed by atoms with Crippen molar-refractivity contribution in [3.05, 3.63) is 106 Å². The Morgan fingerprint density at radius 1 is 0.610 bits per heavy atom. The van der Waals surface area contributed by atoms with Crippen LogP contribution in [0.4, 0.5) is 11.4 Å². The highest BCUT2D eigenvalue weighted by Gasteiger charge is 2.35. The van der Waals surface area contributed by atoms with Crippen molar-refractivity contribution >= 4 is 22.8 Å². The van der Waals surface area contributed by atoms with E-state index in [4.69, 9.17) is 14.4 Å². The molecule has 0 aliphatic heterocycles. The first-order valence-electron chi connectivity index (χ1n) is 15.8. The van der Waals surface area contributed by atoms with Crippen molar-refractivity contribution in [2.24, 2.45) is 9.98 Å². The van der Waals surface area contributed by atoms with E-state index in [9.17, 15) is 0 Å². The van der Waals surface area contributed by atoms with E-state index < -0.39 is 0 Å². The van der Waals surface area contributed by atoms with Crippen molar-refractivity contribution in [2.75, 3.05) is 0 Å². The molecule has 1 heterocycles. The van der Waals surface area contributed by atoms with Gasteiger partial charge in [-0.3, -0.25) is 0 Å². The van der Waals surface area contributed by atoms with E-state index in [1.807, 2.05) is 6.26 Å². The predicted octanol–water partition coefficient (Wildman–Crippen LogP) is 10.5. The standard InChI is InChI=1S/C38H42N2O/c1-5-25-18-14-19-26(6-2)34(25)39-36-30-22-12-13-23-31(30)38-33(32(24-41-38)29-16-10-9-11-17-29)37(36)40-35-27(7-3)20-15-21-28(35)8-4/h12-15,18-24,29H,5-11,16-17H2,1-4H3. The van der Waals surface area contributed by atoms with E-state index in [0.29, 0.717) is 5.92 Å². The van der Waals surface area contributed by atoms with Gasteiger partial charge in [0.1, 0.15) is 11.5 Å². The average Bonchev–Trinajstić information content (AvgIpc) is 3.48. The Hall–Kier alpha value is -3.72. The summed E-state index contributed by atoms with van der Waals surface area (Å²) in [7, 11) is 0. The maximum Gasteiger partial charge on any atom is 0.144 e. The van der Waals surface area contributed by atoms with Gasteiger partial charge in [0.2, 0.25) is 0 Å². The van der Waals surface area contributed by atoms with E-state index in [1.165, 1.54) is 59.9 Å². The summed E-state index contributed by atoms with van der Waals surface area (Å²) in [6, 6.07) is 21.9. The number of hydrogen-bond donors (Lipinski definition) is 0. The summed E-state index contributed by atoms with van der Waals surface area (Å²) < 4.78 is 6.50. The molecule has 1 fully saturated rings. The zero-order valence-corrected chi connectivity index (χ0v) is 25.1. The number of furan rings is 1. The van der Waals surface area contributed by atoms with Gasteiger partial charge in [-0.1, -0.05) is 108 Å². The summed E-state index contributed by atoms with van der Waals surface area (Å²) >= 11 is 0. The van der Waals surface area contributed by atoms with E-state index in [1.54, 1.807) is 0 Å². The molecule has 3 heteroatoms. The van der Waals surface area contributed by atoms with Crippen LogP contribution in [0.1, 0.15) is 105 Å². The van der Waals surface area contributed by atoms with Crippen LogP contribution in [0.3, 0.4) is 0 Å². The number of aryl methyl sites for hydroxylation is 4. The summed E-state index contributed by atoms with van der Waals surface area (Å²) in [6.45, 7) is 8.90. The molecule has 0 atom stereocenters. The summed E-state index contributed by atoms with van der Waals surface area (Å²) in [5.41, 5.74) is 13.9. The van der Waals surface area contributed by atoms with Crippen LogP contribution < -0.4 is 0 Å². The van der Waals surface area contributed by atoms with Gasteiger partial charge >= 0.3 is 0 Å². The molecule has 2 aliphatic carbocycles. The predicted molar refractivity (Wildman–Crippen MR) is 173 cm³/mol. The third-order valence-corrected chi connectivity index (χ3v) is 9.13. The minimum absolute atomic E-state index is 0.495. The lowest BCUT2D eigenvalue weighted by atomic mass is 9.78. The second kappa shape index (κ2) is 12.0. The molecule has 0 amide bonds. The third-order valence-electron chi connectivity index (χ3n) is 9.13. The smallest absolute Gasteiger partial charge is 0.144 e. The second-order valence-electron chi connectivity index (χ2n) is 11.5. The largest absolute Gasteiger partial charge is 0.463 e. The zero-order valence-electron chi connectivity index (χ0n) is 25.1. The lowest BCUT2D eigenvalue weighted by Gasteiger charge is -2.26. The van der Waals surface area contributed by atoms with Gasteiger partial charge in [0.05, 0.1) is 28.9 Å². The first-order chi connectivity index (χ1) is 20.2. The molecule has 3 aromatic carbocycles. The molecule has 0 saturated heterocycles. The van der Waals surface area contributed by atoms with E-state index in [2.05, 4.69) is 88.4 Å². The topological polar surface area (TPSA) is 37.9 Å². The van der Waals surface area contributed by atoms with Gasteiger partial charge in [0, 0.05) is 16.7 Å². The van der Waals surface area contributed by atoms with Crippen LogP contribution in [-0.4, -0.2) is 11.4 Å². The third kappa shape index (κ3) is 5.01. The lowest BCUT2D eigenvalue weighted by molar-refractivity contribution is 0.439. The van der Waals surface area contributed by atoms with Crippen LogP contribution >= 0.6 is 0 Å². The Morgan fingerprint density at radius 3 is 1.66 bits per heavy atom. The van der Waals surface area contributed by atoms with Crippen molar-refractivity contribution in [3.8, 4) is 11.3 Å². The molecule has 3 nitrogen and oxygen atoms in total. The molecule has 0 spiro atoms. The molecule has 6 rings (SSSR count). The molecule has 1 saturated carbocycles. The molecule has 1 aromatic heterocycles. The van der Waals surface area contributed by atoms with Gasteiger partial charge in [0.15, 0.2) is 0 Å². The van der Waals surface area contributed by atoms with Crippen LogP contribution in [0.25, 0.3) is 11.3 Å². The highest BCUT2D eigenvalue weighted by molar-refractivity contribution is 6.57. The zero-order chi connectivity index (χ0) is 28.3. The van der Waals surface area contributed by atoms with Gasteiger partial charge in [-0.2, -0.15) is 0 Å². The monoisotopic (exact) mass is 542 g/mol.